The Labute approximate surface area is 109 Å². The molecular formula is C13H24N2O3. The largest absolute Gasteiger partial charge is 0.393 e. The molecule has 18 heavy (non-hydrogen) atoms. The third kappa shape index (κ3) is 4.29. The van der Waals surface area contributed by atoms with Gasteiger partial charge < -0.3 is 15.3 Å². The fourth-order valence-corrected chi connectivity index (χ4v) is 2.23. The van der Waals surface area contributed by atoms with Gasteiger partial charge in [-0.3, -0.25) is 9.59 Å². The summed E-state index contributed by atoms with van der Waals surface area (Å²) in [5.74, 6) is -0.0393. The van der Waals surface area contributed by atoms with Crippen molar-refractivity contribution in [3.63, 3.8) is 0 Å². The standard InChI is InChI=1S/C13H24N2O3/c1-3-12(17)15-9-5-4-6-11(15)13(18)14-8-7-10(2)16/h10-11,16H,3-9H2,1-2H3,(H,14,18). The van der Waals surface area contributed by atoms with Crippen LogP contribution in [0.3, 0.4) is 0 Å². The van der Waals surface area contributed by atoms with Crippen molar-refractivity contribution in [2.75, 3.05) is 13.1 Å². The molecule has 1 saturated heterocycles. The second kappa shape index (κ2) is 7.36. The maximum atomic E-state index is 12.0. The molecule has 1 fully saturated rings. The molecule has 0 saturated carbocycles. The molecule has 0 aromatic rings. The fraction of sp³-hybridized carbons (Fsp3) is 0.846. The van der Waals surface area contributed by atoms with E-state index in [1.807, 2.05) is 6.92 Å². The van der Waals surface area contributed by atoms with Crippen molar-refractivity contribution in [3.8, 4) is 0 Å². The zero-order chi connectivity index (χ0) is 13.5. The summed E-state index contributed by atoms with van der Waals surface area (Å²) >= 11 is 0. The van der Waals surface area contributed by atoms with E-state index in [9.17, 15) is 9.59 Å². The highest BCUT2D eigenvalue weighted by atomic mass is 16.3. The molecule has 2 amide bonds. The molecule has 0 aromatic heterocycles. The van der Waals surface area contributed by atoms with Crippen LogP contribution in [-0.4, -0.2) is 47.1 Å². The van der Waals surface area contributed by atoms with E-state index >= 15 is 0 Å². The number of likely N-dealkylation sites (tertiary alicyclic amines) is 1. The van der Waals surface area contributed by atoms with Crippen molar-refractivity contribution in [1.29, 1.82) is 0 Å². The van der Waals surface area contributed by atoms with E-state index in [4.69, 9.17) is 5.11 Å². The van der Waals surface area contributed by atoms with Gasteiger partial charge >= 0.3 is 0 Å². The monoisotopic (exact) mass is 256 g/mol. The van der Waals surface area contributed by atoms with E-state index in [2.05, 4.69) is 5.32 Å². The maximum absolute atomic E-state index is 12.0. The number of hydrogen-bond acceptors (Lipinski definition) is 3. The van der Waals surface area contributed by atoms with E-state index < -0.39 is 6.10 Å². The molecule has 2 atom stereocenters. The topological polar surface area (TPSA) is 69.6 Å². The van der Waals surface area contributed by atoms with Crippen LogP contribution < -0.4 is 5.32 Å². The molecule has 1 rings (SSSR count). The minimum atomic E-state index is -0.412. The number of carbonyl (C=O) groups excluding carboxylic acids is 2. The van der Waals surface area contributed by atoms with E-state index in [0.29, 0.717) is 25.9 Å². The average molecular weight is 256 g/mol. The summed E-state index contributed by atoms with van der Waals surface area (Å²) in [6.07, 6.45) is 3.28. The van der Waals surface area contributed by atoms with Crippen LogP contribution in [0.4, 0.5) is 0 Å². The highest BCUT2D eigenvalue weighted by molar-refractivity contribution is 5.87. The van der Waals surface area contributed by atoms with Crippen LogP contribution in [0.25, 0.3) is 0 Å². The molecule has 1 aliphatic heterocycles. The van der Waals surface area contributed by atoms with Crippen molar-refractivity contribution in [2.24, 2.45) is 0 Å². The van der Waals surface area contributed by atoms with Gasteiger partial charge in [0.25, 0.3) is 0 Å². The lowest BCUT2D eigenvalue weighted by atomic mass is 10.0. The van der Waals surface area contributed by atoms with E-state index in [1.165, 1.54) is 0 Å². The molecule has 0 spiro atoms. The van der Waals surface area contributed by atoms with Crippen LogP contribution in [0.5, 0.6) is 0 Å². The second-order valence-corrected chi connectivity index (χ2v) is 4.88. The zero-order valence-corrected chi connectivity index (χ0v) is 11.3. The first-order valence-electron chi connectivity index (χ1n) is 6.81. The second-order valence-electron chi connectivity index (χ2n) is 4.88. The number of carbonyl (C=O) groups is 2. The van der Waals surface area contributed by atoms with E-state index in [-0.39, 0.29) is 17.9 Å². The summed E-state index contributed by atoms with van der Waals surface area (Å²) < 4.78 is 0. The molecular weight excluding hydrogens is 232 g/mol. The summed E-state index contributed by atoms with van der Waals surface area (Å²) in [6, 6.07) is -0.319. The Morgan fingerprint density at radius 3 is 2.78 bits per heavy atom. The van der Waals surface area contributed by atoms with E-state index in [0.717, 1.165) is 19.3 Å². The molecule has 2 N–H and O–H groups in total. The smallest absolute Gasteiger partial charge is 0.242 e. The lowest BCUT2D eigenvalue weighted by Gasteiger charge is -2.34. The van der Waals surface area contributed by atoms with Gasteiger partial charge in [0, 0.05) is 19.5 Å². The summed E-state index contributed by atoms with van der Waals surface area (Å²) in [7, 11) is 0. The predicted octanol–water partition coefficient (Wildman–Crippen LogP) is 0.665. The summed E-state index contributed by atoms with van der Waals surface area (Å²) in [5.41, 5.74) is 0. The predicted molar refractivity (Wildman–Crippen MR) is 69.0 cm³/mol. The number of nitrogens with one attached hydrogen (secondary N) is 1. The summed E-state index contributed by atoms with van der Waals surface area (Å²) in [4.78, 5) is 25.5. The first kappa shape index (κ1) is 15.0. The molecule has 2 unspecified atom stereocenters. The van der Waals surface area contributed by atoms with Crippen LogP contribution in [0, 0.1) is 0 Å². The first-order chi connectivity index (χ1) is 8.56. The van der Waals surface area contributed by atoms with Crippen LogP contribution in [0.1, 0.15) is 46.0 Å². The van der Waals surface area contributed by atoms with Crippen LogP contribution in [-0.2, 0) is 9.59 Å². The van der Waals surface area contributed by atoms with Gasteiger partial charge in [0.15, 0.2) is 0 Å². The quantitative estimate of drug-likeness (QED) is 0.759. The number of aliphatic hydroxyl groups excluding tert-OH is 1. The number of amides is 2. The Morgan fingerprint density at radius 1 is 1.44 bits per heavy atom. The fourth-order valence-electron chi connectivity index (χ4n) is 2.23. The molecule has 0 bridgehead atoms. The number of rotatable bonds is 5. The average Bonchev–Trinajstić information content (AvgIpc) is 2.37. The number of hydrogen-bond donors (Lipinski definition) is 2. The third-order valence-electron chi connectivity index (χ3n) is 3.29. The van der Waals surface area contributed by atoms with Crippen LogP contribution in [0.2, 0.25) is 0 Å². The lowest BCUT2D eigenvalue weighted by molar-refractivity contribution is -0.142. The van der Waals surface area contributed by atoms with Crippen molar-refractivity contribution < 1.29 is 14.7 Å². The first-order valence-corrected chi connectivity index (χ1v) is 6.81. The van der Waals surface area contributed by atoms with Crippen molar-refractivity contribution >= 4 is 11.8 Å². The zero-order valence-electron chi connectivity index (χ0n) is 11.3. The van der Waals surface area contributed by atoms with Crippen molar-refractivity contribution in [2.45, 2.75) is 58.1 Å². The minimum Gasteiger partial charge on any atom is -0.393 e. The number of piperidine rings is 1. The molecule has 0 aliphatic carbocycles. The Balaban J connectivity index is 2.49. The van der Waals surface area contributed by atoms with Crippen LogP contribution in [0.15, 0.2) is 0 Å². The van der Waals surface area contributed by atoms with Gasteiger partial charge in [-0.15, -0.1) is 0 Å². The minimum absolute atomic E-state index is 0.0466. The number of nitrogens with zero attached hydrogens (tertiary/aromatic N) is 1. The Hall–Kier alpha value is -1.10. The Kier molecular flexibility index (Phi) is 6.12. The molecule has 1 aliphatic rings. The normalized spacial score (nSPS) is 21.5. The molecule has 0 radical (unpaired) electrons. The highest BCUT2D eigenvalue weighted by Crippen LogP contribution is 2.18. The van der Waals surface area contributed by atoms with Gasteiger partial charge in [0.05, 0.1) is 6.10 Å². The summed E-state index contributed by atoms with van der Waals surface area (Å²) in [6.45, 7) is 4.65. The van der Waals surface area contributed by atoms with E-state index in [1.54, 1.807) is 11.8 Å². The SMILES string of the molecule is CCC(=O)N1CCCCC1C(=O)NCCC(C)O. The molecule has 1 heterocycles. The van der Waals surface area contributed by atoms with Gasteiger partial charge in [0.1, 0.15) is 6.04 Å². The van der Waals surface area contributed by atoms with Crippen molar-refractivity contribution in [1.82, 2.24) is 10.2 Å². The number of aliphatic hydroxyl groups is 1. The van der Waals surface area contributed by atoms with Gasteiger partial charge in [-0.25, -0.2) is 0 Å². The molecule has 0 aromatic carbocycles. The Bertz CT molecular complexity index is 292. The molecule has 104 valence electrons. The Morgan fingerprint density at radius 2 is 2.17 bits per heavy atom. The van der Waals surface area contributed by atoms with Gasteiger partial charge in [-0.1, -0.05) is 6.92 Å². The van der Waals surface area contributed by atoms with Gasteiger partial charge in [0.2, 0.25) is 11.8 Å². The van der Waals surface area contributed by atoms with Gasteiger partial charge in [-0.05, 0) is 32.6 Å². The maximum Gasteiger partial charge on any atom is 0.242 e. The molecule has 5 heteroatoms. The third-order valence-corrected chi connectivity index (χ3v) is 3.29. The molecule has 5 nitrogen and oxygen atoms in total. The summed E-state index contributed by atoms with van der Waals surface area (Å²) in [5, 5.41) is 11.9. The van der Waals surface area contributed by atoms with Crippen molar-refractivity contribution in [3.05, 3.63) is 0 Å². The lowest BCUT2D eigenvalue weighted by Crippen LogP contribution is -2.52. The van der Waals surface area contributed by atoms with Gasteiger partial charge in [-0.2, -0.15) is 0 Å². The highest BCUT2D eigenvalue weighted by Gasteiger charge is 2.30. The van der Waals surface area contributed by atoms with Crippen LogP contribution >= 0.6 is 0 Å².